The number of amides is 1. The van der Waals surface area contributed by atoms with Crippen molar-refractivity contribution in [2.24, 2.45) is 0 Å². The predicted octanol–water partition coefficient (Wildman–Crippen LogP) is 4.80. The number of fused-ring (bicyclic) bond motifs is 9. The number of rotatable bonds is 4. The Morgan fingerprint density at radius 2 is 1.75 bits per heavy atom. The van der Waals surface area contributed by atoms with E-state index in [2.05, 4.69) is 16.3 Å². The molecule has 1 radical (unpaired) electrons. The molecule has 3 aromatic carbocycles. The predicted molar refractivity (Wildman–Crippen MR) is 166 cm³/mol. The molecule has 0 spiro atoms. The van der Waals surface area contributed by atoms with E-state index in [1.807, 2.05) is 25.8 Å². The van der Waals surface area contributed by atoms with E-state index in [9.17, 15) is 33.3 Å². The Labute approximate surface area is 311 Å². The maximum Gasteiger partial charge on any atom is 0.416 e. The first-order valence-electron chi connectivity index (χ1n) is 15.5. The van der Waals surface area contributed by atoms with E-state index in [0.29, 0.717) is 41.0 Å². The fourth-order valence-corrected chi connectivity index (χ4v) is 7.96. The molecular formula is C35H36AcF3N3O6. The molecule has 2 bridgehead atoms. The third kappa shape index (κ3) is 5.60. The van der Waals surface area contributed by atoms with Crippen LogP contribution in [-0.4, -0.2) is 69.7 Å². The normalized spacial score (nSPS) is 24.5. The Morgan fingerprint density at radius 1 is 1.02 bits per heavy atom. The first-order valence-corrected chi connectivity index (χ1v) is 15.5. The van der Waals surface area contributed by atoms with Crippen LogP contribution in [0, 0.1) is 64.8 Å². The summed E-state index contributed by atoms with van der Waals surface area (Å²) in [5.74, 6) is 0.559. The first kappa shape index (κ1) is 35.0. The second kappa shape index (κ2) is 12.8. The summed E-state index contributed by atoms with van der Waals surface area (Å²) in [4.78, 5) is 17.2. The molecule has 0 aliphatic carbocycles. The van der Waals surface area contributed by atoms with Crippen LogP contribution in [0.3, 0.4) is 0 Å². The maximum absolute atomic E-state index is 13.2. The van der Waals surface area contributed by atoms with Crippen molar-refractivity contribution in [3.05, 3.63) is 86.5 Å². The number of aryl methyl sites for hydroxylation is 1. The number of halogens is 3. The van der Waals surface area contributed by atoms with E-state index in [4.69, 9.17) is 9.47 Å². The van der Waals surface area contributed by atoms with E-state index in [-0.39, 0.29) is 86.5 Å². The SMILES string of the molecule is Cc1cc2c(c(O)c1C)[C@@H]1C3Cc4c(O)c(C)c5c(c4[C@H](CNC(=O)/C=C/c4cccc(C(F)(F)F)c4)N3[C@@H](O)[C@H](C2)N1C)OCO5.[Ac]. The molecule has 1 saturated heterocycles. The number of phenols is 2. The van der Waals surface area contributed by atoms with Crippen molar-refractivity contribution >= 4 is 12.0 Å². The van der Waals surface area contributed by atoms with Gasteiger partial charge in [-0.15, -0.1) is 0 Å². The van der Waals surface area contributed by atoms with Crippen LogP contribution in [0.15, 0.2) is 36.4 Å². The Bertz CT molecular complexity index is 1830. The Morgan fingerprint density at radius 3 is 2.48 bits per heavy atom. The molecule has 48 heavy (non-hydrogen) atoms. The molecule has 4 N–H and O–H groups in total. The molecule has 4 heterocycles. The summed E-state index contributed by atoms with van der Waals surface area (Å²) >= 11 is 0. The molecule has 4 aliphatic heterocycles. The van der Waals surface area contributed by atoms with Crippen molar-refractivity contribution < 1.29 is 86.8 Å². The standard InChI is InChI=1S/C35H36F3N3O6.Ac/c1-16-10-20-12-24-34(45)41-23(29(40(24)4)27(20)31(44)17(16)2)13-22-28(33-32(46-15-47-33)18(3)30(22)43)25(41)14-39-26(42)9-8-19-6-5-7-21(11-19)35(36,37)38;/h5-11,23-25,29,34,43-45H,12-15H2,1-4H3,(H,39,42);/b9-8+;/t23?,24-,25-,29-,34-;/m0./s1. The largest absolute Gasteiger partial charge is 0.507 e. The summed E-state index contributed by atoms with van der Waals surface area (Å²) in [6.45, 7) is 5.51. The number of aliphatic hydroxyl groups is 1. The van der Waals surface area contributed by atoms with Gasteiger partial charge in [0.25, 0.3) is 0 Å². The number of hydrogen-bond acceptors (Lipinski definition) is 8. The van der Waals surface area contributed by atoms with Crippen LogP contribution in [0.1, 0.15) is 62.2 Å². The van der Waals surface area contributed by atoms with E-state index >= 15 is 0 Å². The van der Waals surface area contributed by atoms with E-state index < -0.39 is 36.0 Å². The van der Waals surface area contributed by atoms with Crippen LogP contribution < -0.4 is 14.8 Å². The molecule has 4 aliphatic rings. The second-order valence-electron chi connectivity index (χ2n) is 12.9. The quantitative estimate of drug-likeness (QED) is 0.277. The molecule has 0 aromatic heterocycles. The molecule has 5 atom stereocenters. The number of piperazine rings is 1. The van der Waals surface area contributed by atoms with Crippen LogP contribution in [0.5, 0.6) is 23.0 Å². The molecule has 3 aromatic rings. The molecule has 1 fully saturated rings. The van der Waals surface area contributed by atoms with Gasteiger partial charge in [0.05, 0.1) is 23.7 Å². The maximum atomic E-state index is 13.2. The molecular weight excluding hydrogens is 842 g/mol. The monoisotopic (exact) mass is 878 g/mol. The molecule has 1 amide bonds. The minimum atomic E-state index is -4.51. The van der Waals surface area contributed by atoms with Gasteiger partial charge in [-0.25, -0.2) is 0 Å². The van der Waals surface area contributed by atoms with Crippen LogP contribution in [-0.2, 0) is 23.8 Å². The van der Waals surface area contributed by atoms with Crippen LogP contribution in [0.4, 0.5) is 13.2 Å². The van der Waals surface area contributed by atoms with Crippen molar-refractivity contribution in [1.29, 1.82) is 0 Å². The number of carbonyl (C=O) groups excluding carboxylic acids is 1. The zero-order chi connectivity index (χ0) is 33.5. The number of aliphatic hydroxyl groups excluding tert-OH is 1. The summed E-state index contributed by atoms with van der Waals surface area (Å²) in [6.07, 6.45) is -2.21. The van der Waals surface area contributed by atoms with Crippen LogP contribution >= 0.6 is 0 Å². The smallest absolute Gasteiger partial charge is 0.416 e. The van der Waals surface area contributed by atoms with Crippen molar-refractivity contribution in [2.45, 2.75) is 70.2 Å². The van der Waals surface area contributed by atoms with E-state index in [1.165, 1.54) is 24.3 Å². The number of carbonyl (C=O) groups is 1. The molecule has 7 rings (SSSR count). The Balaban J connectivity index is 0.00000401. The number of likely N-dealkylation sites (N-methyl/N-ethyl adjacent to an activating group) is 1. The number of phenolic OH excluding ortho intramolecular Hbond substituents is 2. The number of alkyl halides is 3. The fourth-order valence-electron chi connectivity index (χ4n) is 7.96. The first-order chi connectivity index (χ1) is 22.3. The molecule has 9 nitrogen and oxygen atoms in total. The molecule has 0 saturated carbocycles. The van der Waals surface area contributed by atoms with Crippen molar-refractivity contribution in [1.82, 2.24) is 15.1 Å². The Kier molecular flexibility index (Phi) is 9.35. The molecule has 13 heteroatoms. The van der Waals surface area contributed by atoms with E-state index in [1.54, 1.807) is 6.92 Å². The molecule has 1 unspecified atom stereocenters. The number of nitrogens with zero attached hydrogens (tertiary/aromatic N) is 2. The second-order valence-corrected chi connectivity index (χ2v) is 12.9. The van der Waals surface area contributed by atoms with Crippen molar-refractivity contribution in [3.63, 3.8) is 0 Å². The van der Waals surface area contributed by atoms with Gasteiger partial charge in [-0.2, -0.15) is 13.2 Å². The number of hydrogen-bond donors (Lipinski definition) is 4. The van der Waals surface area contributed by atoms with Gasteiger partial charge in [0, 0.05) is 85.0 Å². The van der Waals surface area contributed by atoms with Crippen LogP contribution in [0.2, 0.25) is 0 Å². The van der Waals surface area contributed by atoms with Gasteiger partial charge in [0.1, 0.15) is 17.7 Å². The minimum Gasteiger partial charge on any atom is -0.507 e. The van der Waals surface area contributed by atoms with Gasteiger partial charge in [-0.1, -0.05) is 18.2 Å². The summed E-state index contributed by atoms with van der Waals surface area (Å²) in [7, 11) is 1.93. The summed E-state index contributed by atoms with van der Waals surface area (Å²) in [6, 6.07) is 4.98. The van der Waals surface area contributed by atoms with E-state index in [0.717, 1.165) is 34.4 Å². The van der Waals surface area contributed by atoms with Gasteiger partial charge in [-0.3, -0.25) is 14.6 Å². The summed E-state index contributed by atoms with van der Waals surface area (Å²) in [5.41, 5.74) is 4.65. The van der Waals surface area contributed by atoms with Crippen molar-refractivity contribution in [3.8, 4) is 23.0 Å². The van der Waals surface area contributed by atoms with Gasteiger partial charge in [0.2, 0.25) is 12.7 Å². The number of ether oxygens (including phenoxy) is 2. The van der Waals surface area contributed by atoms with Crippen LogP contribution in [0.25, 0.3) is 6.08 Å². The third-order valence-electron chi connectivity index (χ3n) is 10.4. The third-order valence-corrected chi connectivity index (χ3v) is 10.4. The number of benzene rings is 3. The zero-order valence-electron chi connectivity index (χ0n) is 26.9. The topological polar surface area (TPSA) is 115 Å². The number of nitrogens with one attached hydrogen (secondary N) is 1. The van der Waals surface area contributed by atoms with Crippen molar-refractivity contribution in [2.75, 3.05) is 20.4 Å². The van der Waals surface area contributed by atoms with Gasteiger partial charge >= 0.3 is 6.18 Å². The fraction of sp³-hybridized carbons (Fsp3) is 0.400. The number of aromatic hydroxyl groups is 2. The molecule has 251 valence electrons. The zero-order valence-corrected chi connectivity index (χ0v) is 31.7. The summed E-state index contributed by atoms with van der Waals surface area (Å²) in [5, 5.41) is 37.9. The summed E-state index contributed by atoms with van der Waals surface area (Å²) < 4.78 is 51.3. The Hall–Kier alpha value is -2.82. The van der Waals surface area contributed by atoms with Gasteiger partial charge in [-0.05, 0) is 81.1 Å². The average Bonchev–Trinajstić information content (AvgIpc) is 3.52. The van der Waals surface area contributed by atoms with Gasteiger partial charge < -0.3 is 30.1 Å². The minimum absolute atomic E-state index is 0. The average molecular weight is 879 g/mol. The van der Waals surface area contributed by atoms with Gasteiger partial charge in [0.15, 0.2) is 11.5 Å².